The molecule has 20 heavy (non-hydrogen) atoms. The summed E-state index contributed by atoms with van der Waals surface area (Å²) in [5.74, 6) is 0. The zero-order valence-electron chi connectivity index (χ0n) is 11.7. The van der Waals surface area contributed by atoms with Gasteiger partial charge >= 0.3 is 0 Å². The van der Waals surface area contributed by atoms with Gasteiger partial charge < -0.3 is 4.74 Å². The summed E-state index contributed by atoms with van der Waals surface area (Å²) in [5, 5.41) is 2.43. The molecule has 2 rings (SSSR count). The van der Waals surface area contributed by atoms with E-state index in [1.807, 2.05) is 25.1 Å². The Kier molecular flexibility index (Phi) is 5.16. The highest BCUT2D eigenvalue weighted by Gasteiger charge is 2.15. The van der Waals surface area contributed by atoms with Gasteiger partial charge in [-0.1, -0.05) is 54.6 Å². The fourth-order valence-corrected chi connectivity index (χ4v) is 2.93. The summed E-state index contributed by atoms with van der Waals surface area (Å²) >= 11 is 3.72. The Morgan fingerprint density at radius 3 is 2.75 bits per heavy atom. The zero-order chi connectivity index (χ0) is 14.5. The average Bonchev–Trinajstić information content (AvgIpc) is 2.44. The lowest BCUT2D eigenvalue weighted by molar-refractivity contribution is 0.0716. The Labute approximate surface area is 129 Å². The van der Waals surface area contributed by atoms with Crippen LogP contribution in [-0.2, 0) is 4.74 Å². The summed E-state index contributed by atoms with van der Waals surface area (Å²) in [4.78, 5) is 0. The Morgan fingerprint density at radius 1 is 1.30 bits per heavy atom. The van der Waals surface area contributed by atoms with Crippen LogP contribution in [0.2, 0.25) is 0 Å². The summed E-state index contributed by atoms with van der Waals surface area (Å²) in [6.45, 7) is 10.3. The van der Waals surface area contributed by atoms with Gasteiger partial charge in [0.2, 0.25) is 0 Å². The van der Waals surface area contributed by atoms with Gasteiger partial charge in [0.1, 0.15) is 0 Å². The molecule has 0 fully saturated rings. The molecule has 2 aromatic carbocycles. The van der Waals surface area contributed by atoms with Crippen molar-refractivity contribution in [2.75, 3.05) is 6.61 Å². The first kappa shape index (κ1) is 15.0. The number of benzene rings is 2. The summed E-state index contributed by atoms with van der Waals surface area (Å²) in [5.41, 5.74) is 2.18. The Balaban J connectivity index is 2.39. The van der Waals surface area contributed by atoms with Gasteiger partial charge in [0.05, 0.1) is 12.7 Å². The van der Waals surface area contributed by atoms with Crippen LogP contribution in [0.4, 0.5) is 0 Å². The van der Waals surface area contributed by atoms with E-state index < -0.39 is 0 Å². The molecule has 0 saturated carbocycles. The Morgan fingerprint density at radius 2 is 2.05 bits per heavy atom. The molecule has 0 heterocycles. The predicted molar refractivity (Wildman–Crippen MR) is 90.0 cm³/mol. The molecule has 104 valence electrons. The third-order valence-corrected chi connectivity index (χ3v) is 4.04. The maximum atomic E-state index is 5.96. The van der Waals surface area contributed by atoms with Crippen molar-refractivity contribution >= 4 is 26.7 Å². The summed E-state index contributed by atoms with van der Waals surface area (Å²) in [6, 6.07) is 12.6. The minimum atomic E-state index is 0.00295. The van der Waals surface area contributed by atoms with Crippen molar-refractivity contribution in [1.82, 2.24) is 0 Å². The standard InChI is InChI=1S/C18H19BrO/c1-4-7-17(20-12-13(2)3)16-11-10-14-8-5-6-9-15(14)18(16)19/h4-6,8-11,17H,1-2,7,12H2,3H3. The third-order valence-electron chi connectivity index (χ3n) is 3.15. The largest absolute Gasteiger partial charge is 0.369 e. The van der Waals surface area contributed by atoms with Crippen molar-refractivity contribution in [3.63, 3.8) is 0 Å². The van der Waals surface area contributed by atoms with E-state index in [9.17, 15) is 0 Å². The van der Waals surface area contributed by atoms with Crippen molar-refractivity contribution < 1.29 is 4.74 Å². The monoisotopic (exact) mass is 330 g/mol. The van der Waals surface area contributed by atoms with Gasteiger partial charge in [-0.15, -0.1) is 6.58 Å². The van der Waals surface area contributed by atoms with Crippen LogP contribution in [-0.4, -0.2) is 6.61 Å². The van der Waals surface area contributed by atoms with Gasteiger partial charge in [0.25, 0.3) is 0 Å². The SMILES string of the molecule is C=CCC(OCC(=C)C)c1ccc2ccccc2c1Br. The number of fused-ring (bicyclic) bond motifs is 1. The van der Waals surface area contributed by atoms with E-state index in [0.717, 1.165) is 22.0 Å². The van der Waals surface area contributed by atoms with Gasteiger partial charge in [-0.2, -0.15) is 0 Å². The fourth-order valence-electron chi connectivity index (χ4n) is 2.18. The normalized spacial score (nSPS) is 12.3. The van der Waals surface area contributed by atoms with E-state index in [0.29, 0.717) is 6.61 Å². The molecule has 1 unspecified atom stereocenters. The Hall–Kier alpha value is -1.38. The molecule has 0 aliphatic carbocycles. The van der Waals surface area contributed by atoms with E-state index in [2.05, 4.69) is 53.4 Å². The molecule has 2 aromatic rings. The van der Waals surface area contributed by atoms with Crippen molar-refractivity contribution in [2.45, 2.75) is 19.4 Å². The highest BCUT2D eigenvalue weighted by Crippen LogP contribution is 2.34. The predicted octanol–water partition coefficient (Wildman–Crippen LogP) is 5.81. The highest BCUT2D eigenvalue weighted by molar-refractivity contribution is 9.10. The number of rotatable bonds is 6. The van der Waals surface area contributed by atoms with Crippen molar-refractivity contribution in [3.05, 3.63) is 71.2 Å². The van der Waals surface area contributed by atoms with Gasteiger partial charge in [-0.25, -0.2) is 0 Å². The molecule has 0 radical (unpaired) electrons. The summed E-state index contributed by atoms with van der Waals surface area (Å²) < 4.78 is 7.06. The van der Waals surface area contributed by atoms with Crippen LogP contribution in [0.5, 0.6) is 0 Å². The molecule has 0 aromatic heterocycles. The van der Waals surface area contributed by atoms with Crippen LogP contribution in [0, 0.1) is 0 Å². The van der Waals surface area contributed by atoms with E-state index in [1.165, 1.54) is 10.8 Å². The molecule has 1 atom stereocenters. The second-order valence-corrected chi connectivity index (χ2v) is 5.76. The maximum absolute atomic E-state index is 5.96. The number of ether oxygens (including phenoxy) is 1. The fraction of sp³-hybridized carbons (Fsp3) is 0.222. The molecule has 1 nitrogen and oxygen atoms in total. The van der Waals surface area contributed by atoms with Crippen molar-refractivity contribution in [2.24, 2.45) is 0 Å². The first-order valence-corrected chi connectivity index (χ1v) is 7.46. The van der Waals surface area contributed by atoms with Crippen molar-refractivity contribution in [1.29, 1.82) is 0 Å². The molecular weight excluding hydrogens is 312 g/mol. The van der Waals surface area contributed by atoms with Crippen LogP contribution in [0.25, 0.3) is 10.8 Å². The van der Waals surface area contributed by atoms with Crippen LogP contribution in [0.1, 0.15) is 25.0 Å². The van der Waals surface area contributed by atoms with Gasteiger partial charge in [-0.3, -0.25) is 0 Å². The second-order valence-electron chi connectivity index (χ2n) is 4.97. The first-order chi connectivity index (χ1) is 9.63. The van der Waals surface area contributed by atoms with E-state index in [-0.39, 0.29) is 6.10 Å². The maximum Gasteiger partial charge on any atom is 0.0874 e. The van der Waals surface area contributed by atoms with Crippen LogP contribution in [0.3, 0.4) is 0 Å². The summed E-state index contributed by atoms with van der Waals surface area (Å²) in [6.07, 6.45) is 2.68. The molecular formula is C18H19BrO. The van der Waals surface area contributed by atoms with Gasteiger partial charge in [0, 0.05) is 4.47 Å². The van der Waals surface area contributed by atoms with Gasteiger partial charge in [-0.05, 0) is 45.6 Å². The minimum absolute atomic E-state index is 0.00295. The number of hydrogen-bond donors (Lipinski definition) is 0. The molecule has 0 amide bonds. The van der Waals surface area contributed by atoms with Gasteiger partial charge in [0.15, 0.2) is 0 Å². The molecule has 0 aliphatic rings. The molecule has 0 aliphatic heterocycles. The molecule has 0 N–H and O–H groups in total. The smallest absolute Gasteiger partial charge is 0.0874 e. The number of hydrogen-bond acceptors (Lipinski definition) is 1. The van der Waals surface area contributed by atoms with E-state index >= 15 is 0 Å². The second kappa shape index (κ2) is 6.87. The topological polar surface area (TPSA) is 9.23 Å². The zero-order valence-corrected chi connectivity index (χ0v) is 13.3. The van der Waals surface area contributed by atoms with Crippen LogP contribution in [0.15, 0.2) is 65.7 Å². The first-order valence-electron chi connectivity index (χ1n) is 6.67. The minimum Gasteiger partial charge on any atom is -0.369 e. The number of halogens is 1. The lowest BCUT2D eigenvalue weighted by Gasteiger charge is -2.19. The third kappa shape index (κ3) is 3.38. The van der Waals surface area contributed by atoms with E-state index in [1.54, 1.807) is 0 Å². The van der Waals surface area contributed by atoms with Crippen LogP contribution >= 0.6 is 15.9 Å². The Bertz CT molecular complexity index is 630. The highest BCUT2D eigenvalue weighted by atomic mass is 79.9. The lowest BCUT2D eigenvalue weighted by atomic mass is 10.0. The molecule has 0 saturated heterocycles. The molecule has 0 bridgehead atoms. The quantitative estimate of drug-likeness (QED) is 0.607. The van der Waals surface area contributed by atoms with E-state index in [4.69, 9.17) is 4.74 Å². The van der Waals surface area contributed by atoms with Crippen LogP contribution < -0.4 is 0 Å². The molecule has 0 spiro atoms. The average molecular weight is 331 g/mol. The molecule has 2 heteroatoms. The lowest BCUT2D eigenvalue weighted by Crippen LogP contribution is -2.06. The summed E-state index contributed by atoms with van der Waals surface area (Å²) in [7, 11) is 0. The van der Waals surface area contributed by atoms with Crippen molar-refractivity contribution in [3.8, 4) is 0 Å².